The van der Waals surface area contributed by atoms with Crippen LogP contribution in [0.25, 0.3) is 0 Å². The fourth-order valence-electron chi connectivity index (χ4n) is 2.06. The summed E-state index contributed by atoms with van der Waals surface area (Å²) in [5.74, 6) is 0.860. The van der Waals surface area contributed by atoms with E-state index in [0.717, 1.165) is 11.3 Å². The van der Waals surface area contributed by atoms with Crippen LogP contribution >= 0.6 is 0 Å². The molecule has 4 nitrogen and oxygen atoms in total. The van der Waals surface area contributed by atoms with Gasteiger partial charge < -0.3 is 19.9 Å². The first kappa shape index (κ1) is 12.4. The Morgan fingerprint density at radius 1 is 1.47 bits per heavy atom. The van der Waals surface area contributed by atoms with Crippen LogP contribution in [0, 0.1) is 0 Å². The van der Waals surface area contributed by atoms with E-state index in [4.69, 9.17) is 19.9 Å². The molecule has 1 aliphatic rings. The molecule has 2 rings (SSSR count). The molecule has 1 aliphatic heterocycles. The van der Waals surface area contributed by atoms with Crippen molar-refractivity contribution in [3.05, 3.63) is 29.8 Å². The smallest absolute Gasteiger partial charge is 0.124 e. The van der Waals surface area contributed by atoms with E-state index in [1.54, 1.807) is 7.11 Å². The highest BCUT2D eigenvalue weighted by Crippen LogP contribution is 2.31. The third-order valence-corrected chi connectivity index (χ3v) is 2.89. The van der Waals surface area contributed by atoms with Crippen molar-refractivity contribution in [2.24, 2.45) is 5.73 Å². The minimum Gasteiger partial charge on any atom is -0.490 e. The lowest BCUT2D eigenvalue weighted by Crippen LogP contribution is -2.40. The third kappa shape index (κ3) is 2.77. The largest absolute Gasteiger partial charge is 0.490 e. The van der Waals surface area contributed by atoms with Crippen LogP contribution in [0.5, 0.6) is 5.75 Å². The Morgan fingerprint density at radius 3 is 3.00 bits per heavy atom. The van der Waals surface area contributed by atoms with Gasteiger partial charge in [0.1, 0.15) is 18.5 Å². The van der Waals surface area contributed by atoms with E-state index >= 15 is 0 Å². The summed E-state index contributed by atoms with van der Waals surface area (Å²) in [5.41, 5.74) is 7.20. The molecular weight excluding hydrogens is 218 g/mol. The molecule has 0 fully saturated rings. The van der Waals surface area contributed by atoms with E-state index in [0.29, 0.717) is 13.2 Å². The molecule has 0 saturated heterocycles. The summed E-state index contributed by atoms with van der Waals surface area (Å²) < 4.78 is 16.5. The van der Waals surface area contributed by atoms with Crippen molar-refractivity contribution in [3.63, 3.8) is 0 Å². The highest BCUT2D eigenvalue weighted by atomic mass is 16.6. The number of hydrogen-bond acceptors (Lipinski definition) is 4. The van der Waals surface area contributed by atoms with Gasteiger partial charge in [-0.25, -0.2) is 0 Å². The quantitative estimate of drug-likeness (QED) is 0.862. The van der Waals surface area contributed by atoms with Crippen molar-refractivity contribution in [1.29, 1.82) is 0 Å². The molecule has 0 amide bonds. The minimum atomic E-state index is -0.140. The summed E-state index contributed by atoms with van der Waals surface area (Å²) in [7, 11) is 1.66. The molecular formula is C13H19NO3. The van der Waals surface area contributed by atoms with Gasteiger partial charge in [0, 0.05) is 12.7 Å². The van der Waals surface area contributed by atoms with Crippen LogP contribution in [0.3, 0.4) is 0 Å². The lowest BCUT2D eigenvalue weighted by atomic mass is 9.99. The van der Waals surface area contributed by atoms with Crippen LogP contribution in [-0.2, 0) is 9.47 Å². The Morgan fingerprint density at radius 2 is 2.24 bits per heavy atom. The number of methoxy groups -OCH3 is 1. The topological polar surface area (TPSA) is 53.7 Å². The molecule has 17 heavy (non-hydrogen) atoms. The van der Waals surface area contributed by atoms with Crippen molar-refractivity contribution in [3.8, 4) is 5.75 Å². The molecule has 0 aromatic heterocycles. The molecule has 1 aromatic rings. The van der Waals surface area contributed by atoms with Crippen molar-refractivity contribution >= 4 is 0 Å². The Kier molecular flexibility index (Phi) is 3.99. The third-order valence-electron chi connectivity index (χ3n) is 2.89. The summed E-state index contributed by atoms with van der Waals surface area (Å²) in [5, 5.41) is 0. The number of fused-ring (bicyclic) bond motifs is 1. The van der Waals surface area contributed by atoms with Crippen molar-refractivity contribution in [1.82, 2.24) is 0 Å². The number of benzene rings is 1. The van der Waals surface area contributed by atoms with E-state index in [1.807, 2.05) is 31.2 Å². The van der Waals surface area contributed by atoms with Gasteiger partial charge in [-0.3, -0.25) is 0 Å². The molecule has 1 heterocycles. The second kappa shape index (κ2) is 5.49. The first-order chi connectivity index (χ1) is 8.22. The van der Waals surface area contributed by atoms with E-state index in [-0.39, 0.29) is 18.2 Å². The van der Waals surface area contributed by atoms with Crippen LogP contribution in [0.1, 0.15) is 18.5 Å². The fraction of sp³-hybridized carbons (Fsp3) is 0.538. The first-order valence-electron chi connectivity index (χ1n) is 5.84. The van der Waals surface area contributed by atoms with E-state index in [1.165, 1.54) is 0 Å². The summed E-state index contributed by atoms with van der Waals surface area (Å²) >= 11 is 0. The molecule has 0 bridgehead atoms. The summed E-state index contributed by atoms with van der Waals surface area (Å²) in [4.78, 5) is 0. The number of ether oxygens (including phenoxy) is 3. The molecule has 4 heteroatoms. The second-order valence-electron chi connectivity index (χ2n) is 4.32. The van der Waals surface area contributed by atoms with Gasteiger partial charge in [0.05, 0.1) is 18.8 Å². The number of rotatable bonds is 4. The second-order valence-corrected chi connectivity index (χ2v) is 4.32. The molecule has 0 radical (unpaired) electrons. The van der Waals surface area contributed by atoms with E-state index in [2.05, 4.69) is 0 Å². The van der Waals surface area contributed by atoms with E-state index in [9.17, 15) is 0 Å². The lowest BCUT2D eigenvalue weighted by molar-refractivity contribution is -0.0711. The predicted molar refractivity (Wildman–Crippen MR) is 65.1 cm³/mol. The maximum atomic E-state index is 6.19. The van der Waals surface area contributed by atoms with E-state index < -0.39 is 0 Å². The molecule has 3 atom stereocenters. The molecule has 94 valence electrons. The maximum Gasteiger partial charge on any atom is 0.124 e. The molecule has 0 spiro atoms. The lowest BCUT2D eigenvalue weighted by Gasteiger charge is -2.32. The van der Waals surface area contributed by atoms with Crippen LogP contribution in [0.15, 0.2) is 24.3 Å². The SMILES string of the molecule is COCC(C)OC1COc2ccccc2C1N. The predicted octanol–water partition coefficient (Wildman–Crippen LogP) is 1.50. The van der Waals surface area contributed by atoms with Crippen LogP contribution < -0.4 is 10.5 Å². The van der Waals surface area contributed by atoms with Gasteiger partial charge in [0.25, 0.3) is 0 Å². The standard InChI is InChI=1S/C13H19NO3/c1-9(7-15-2)17-12-8-16-11-6-4-3-5-10(11)13(12)14/h3-6,9,12-13H,7-8,14H2,1-2H3. The summed E-state index contributed by atoms with van der Waals surface area (Å²) in [6, 6.07) is 7.68. The molecule has 0 saturated carbocycles. The average Bonchev–Trinajstić information content (AvgIpc) is 2.33. The number of nitrogens with two attached hydrogens (primary N) is 1. The van der Waals surface area contributed by atoms with Crippen LogP contribution in [0.2, 0.25) is 0 Å². The molecule has 2 N–H and O–H groups in total. The van der Waals surface area contributed by atoms with Crippen molar-refractivity contribution in [2.45, 2.75) is 25.2 Å². The van der Waals surface area contributed by atoms with Crippen LogP contribution in [-0.4, -0.2) is 32.5 Å². The molecule has 1 aromatic carbocycles. The van der Waals surface area contributed by atoms with Gasteiger partial charge in [-0.2, -0.15) is 0 Å². The van der Waals surface area contributed by atoms with Crippen molar-refractivity contribution in [2.75, 3.05) is 20.3 Å². The monoisotopic (exact) mass is 237 g/mol. The van der Waals surface area contributed by atoms with Gasteiger partial charge in [-0.1, -0.05) is 18.2 Å². The van der Waals surface area contributed by atoms with Crippen LogP contribution in [0.4, 0.5) is 0 Å². The highest BCUT2D eigenvalue weighted by Gasteiger charge is 2.29. The Bertz CT molecular complexity index is 369. The summed E-state index contributed by atoms with van der Waals surface area (Å²) in [6.07, 6.45) is -0.0973. The normalized spacial score (nSPS) is 24.9. The zero-order valence-electron chi connectivity index (χ0n) is 10.3. The van der Waals surface area contributed by atoms with Gasteiger partial charge in [-0.15, -0.1) is 0 Å². The zero-order valence-corrected chi connectivity index (χ0v) is 10.3. The van der Waals surface area contributed by atoms with Gasteiger partial charge in [-0.05, 0) is 13.0 Å². The zero-order chi connectivity index (χ0) is 12.3. The maximum absolute atomic E-state index is 6.19. The van der Waals surface area contributed by atoms with Gasteiger partial charge >= 0.3 is 0 Å². The molecule has 3 unspecified atom stereocenters. The number of hydrogen-bond donors (Lipinski definition) is 1. The Hall–Kier alpha value is -1.10. The van der Waals surface area contributed by atoms with Gasteiger partial charge in [0.2, 0.25) is 0 Å². The minimum absolute atomic E-state index is 0.0184. The first-order valence-corrected chi connectivity index (χ1v) is 5.84. The Balaban J connectivity index is 2.04. The highest BCUT2D eigenvalue weighted by molar-refractivity contribution is 5.38. The Labute approximate surface area is 102 Å². The van der Waals surface area contributed by atoms with Gasteiger partial charge in [0.15, 0.2) is 0 Å². The fourth-order valence-corrected chi connectivity index (χ4v) is 2.06. The molecule has 0 aliphatic carbocycles. The van der Waals surface area contributed by atoms with Crippen molar-refractivity contribution < 1.29 is 14.2 Å². The average molecular weight is 237 g/mol. The number of para-hydroxylation sites is 1. The summed E-state index contributed by atoms with van der Waals surface area (Å²) in [6.45, 7) is 3.02.